The van der Waals surface area contributed by atoms with Gasteiger partial charge in [-0.15, -0.1) is 0 Å². The lowest BCUT2D eigenvalue weighted by Gasteiger charge is -2.33. The second-order valence-corrected chi connectivity index (χ2v) is 17.4. The molecule has 2 amide bonds. The molecule has 5 rings (SSSR count). The van der Waals surface area contributed by atoms with Crippen LogP contribution in [-0.4, -0.2) is 93.8 Å². The molecule has 0 bridgehead atoms. The zero-order chi connectivity index (χ0) is 43.3. The summed E-state index contributed by atoms with van der Waals surface area (Å²) in [5.41, 5.74) is 1.79. The second-order valence-electron chi connectivity index (χ2n) is 17.4. The van der Waals surface area contributed by atoms with Crippen molar-refractivity contribution in [2.75, 3.05) is 13.2 Å². The number of hydrogen-bond acceptors (Lipinski definition) is 10. The Kier molecular flexibility index (Phi) is 16.9. The van der Waals surface area contributed by atoms with E-state index in [1.807, 2.05) is 36.4 Å². The van der Waals surface area contributed by atoms with Crippen LogP contribution in [0.3, 0.4) is 0 Å². The Bertz CT molecular complexity index is 1810. The van der Waals surface area contributed by atoms with Crippen molar-refractivity contribution in [3.63, 3.8) is 0 Å². The number of aliphatic hydroxyl groups excluding tert-OH is 1. The number of hydrogen-bond donors (Lipinski definition) is 3. The number of nitrogens with one attached hydrogen (secondary N) is 1. The Hall–Kier alpha value is -4.52. The van der Waals surface area contributed by atoms with Gasteiger partial charge in [0.1, 0.15) is 35.7 Å². The Morgan fingerprint density at radius 1 is 0.983 bits per heavy atom. The molecule has 3 N–H and O–H groups in total. The van der Waals surface area contributed by atoms with E-state index in [2.05, 4.69) is 19.2 Å². The molecule has 2 saturated heterocycles. The van der Waals surface area contributed by atoms with Gasteiger partial charge in [-0.1, -0.05) is 82.0 Å². The minimum atomic E-state index is -0.876. The number of para-hydroxylation sites is 1. The van der Waals surface area contributed by atoms with Gasteiger partial charge < -0.3 is 39.4 Å². The highest BCUT2D eigenvalue weighted by Gasteiger charge is 2.53. The lowest BCUT2D eigenvalue weighted by Crippen LogP contribution is -2.51. The molecule has 12 heteroatoms. The predicted molar refractivity (Wildman–Crippen MR) is 229 cm³/mol. The van der Waals surface area contributed by atoms with E-state index in [1.54, 1.807) is 56.0 Å². The number of likely N-dealkylation sites (tertiary alicyclic amines) is 1. The number of rotatable bonds is 20. The van der Waals surface area contributed by atoms with Gasteiger partial charge in [-0.25, -0.2) is 4.79 Å². The molecule has 2 aromatic carbocycles. The molecule has 5 unspecified atom stereocenters. The van der Waals surface area contributed by atoms with Gasteiger partial charge >= 0.3 is 11.9 Å². The highest BCUT2D eigenvalue weighted by Crippen LogP contribution is 2.43. The second kappa shape index (κ2) is 21.8. The van der Waals surface area contributed by atoms with Crippen molar-refractivity contribution in [1.29, 1.82) is 0 Å². The van der Waals surface area contributed by atoms with Crippen molar-refractivity contribution in [3.05, 3.63) is 82.9 Å². The number of ether oxygens (including phenoxy) is 4. The summed E-state index contributed by atoms with van der Waals surface area (Å²) in [6.07, 6.45) is 12.8. The molecule has 2 fully saturated rings. The van der Waals surface area contributed by atoms with Gasteiger partial charge in [0, 0.05) is 37.8 Å². The number of phenols is 1. The standard InChI is InChI=1S/C48H66N2O10/c1-6-8-12-27-48(28-13-9-7-2)58-41-31-36(45(55)50-29-15-19-38(50)44(54)49-37(32-51)25-26-42(53)59-47(3,4)5)30-40(43(41)60-48)57-46(56)35-23-21-33(22-24-35)16-14-18-34-17-10-11-20-39(34)52/h10-11,14,16-17,20-24,31,37-38,40-41,43,51-52H,6-9,12-13,15,18-19,25-30,32H2,1-5H3,(H,49,54). The molecule has 1 aliphatic carbocycles. The van der Waals surface area contributed by atoms with Gasteiger partial charge in [0.05, 0.1) is 18.2 Å². The lowest BCUT2D eigenvalue weighted by atomic mass is 9.91. The van der Waals surface area contributed by atoms with Crippen molar-refractivity contribution in [1.82, 2.24) is 10.2 Å². The highest BCUT2D eigenvalue weighted by atomic mass is 16.8. The number of carbonyl (C=O) groups is 4. The van der Waals surface area contributed by atoms with Crippen molar-refractivity contribution >= 4 is 29.8 Å². The van der Waals surface area contributed by atoms with Crippen LogP contribution in [0.4, 0.5) is 0 Å². The van der Waals surface area contributed by atoms with Crippen LogP contribution < -0.4 is 5.32 Å². The first-order valence-electron chi connectivity index (χ1n) is 22.0. The predicted octanol–water partition coefficient (Wildman–Crippen LogP) is 7.73. The molecule has 0 aromatic heterocycles. The van der Waals surface area contributed by atoms with Crippen molar-refractivity contribution < 1.29 is 48.3 Å². The van der Waals surface area contributed by atoms with E-state index in [0.717, 1.165) is 49.7 Å². The maximum atomic E-state index is 14.4. The van der Waals surface area contributed by atoms with Gasteiger partial charge in [0.15, 0.2) is 5.79 Å². The number of esters is 2. The first kappa shape index (κ1) is 46.5. The minimum absolute atomic E-state index is 0.0220. The molecular weight excluding hydrogens is 765 g/mol. The number of aromatic hydroxyl groups is 1. The third-order valence-electron chi connectivity index (χ3n) is 11.3. The summed E-state index contributed by atoms with van der Waals surface area (Å²) in [7, 11) is 0. The van der Waals surface area contributed by atoms with Crippen LogP contribution in [-0.2, 0) is 39.8 Å². The summed E-state index contributed by atoms with van der Waals surface area (Å²) in [5, 5.41) is 23.0. The van der Waals surface area contributed by atoms with E-state index >= 15 is 0 Å². The van der Waals surface area contributed by atoms with Crippen LogP contribution >= 0.6 is 0 Å². The van der Waals surface area contributed by atoms with Gasteiger partial charge in [-0.05, 0) is 94.7 Å². The van der Waals surface area contributed by atoms with Gasteiger partial charge in [0.2, 0.25) is 11.8 Å². The van der Waals surface area contributed by atoms with Crippen LogP contribution in [0.1, 0.15) is 140 Å². The molecular formula is C48H66N2O10. The molecule has 0 spiro atoms. The third kappa shape index (κ3) is 13.0. The van der Waals surface area contributed by atoms with E-state index < -0.39 is 59.6 Å². The zero-order valence-electron chi connectivity index (χ0n) is 36.2. The SMILES string of the molecule is CCCCCC1(CCCCC)OC2C=C(C(=O)N3CCCC3C(=O)NC(CO)CCC(=O)OC(C)(C)C)CC(OC(=O)c3ccc(C=CCc4ccccc4O)cc3)C2O1. The number of phenolic OH excluding ortho intramolecular Hbond substituents is 1. The fourth-order valence-electron chi connectivity index (χ4n) is 8.19. The molecule has 2 aromatic rings. The number of unbranched alkanes of at least 4 members (excludes halogenated alkanes) is 4. The Balaban J connectivity index is 1.32. The van der Waals surface area contributed by atoms with E-state index in [4.69, 9.17) is 18.9 Å². The normalized spacial score (nSPS) is 21.6. The number of nitrogens with zero attached hydrogens (tertiary/aromatic N) is 1. The summed E-state index contributed by atoms with van der Waals surface area (Å²) in [4.78, 5) is 55.8. The van der Waals surface area contributed by atoms with E-state index in [-0.39, 0.29) is 37.5 Å². The van der Waals surface area contributed by atoms with Crippen LogP contribution in [0.5, 0.6) is 5.75 Å². The number of amides is 2. The number of benzene rings is 2. The monoisotopic (exact) mass is 830 g/mol. The molecule has 3 aliphatic rings. The van der Waals surface area contributed by atoms with Crippen LogP contribution in [0.2, 0.25) is 0 Å². The van der Waals surface area contributed by atoms with Crippen LogP contribution in [0.25, 0.3) is 6.08 Å². The Morgan fingerprint density at radius 3 is 2.33 bits per heavy atom. The molecule has 5 atom stereocenters. The van der Waals surface area contributed by atoms with Crippen LogP contribution in [0, 0.1) is 0 Å². The lowest BCUT2D eigenvalue weighted by molar-refractivity contribution is -0.190. The molecule has 60 heavy (non-hydrogen) atoms. The first-order valence-corrected chi connectivity index (χ1v) is 22.0. The molecule has 2 aliphatic heterocycles. The fourth-order valence-corrected chi connectivity index (χ4v) is 8.19. The number of allylic oxidation sites excluding steroid dienone is 1. The summed E-state index contributed by atoms with van der Waals surface area (Å²) in [5.74, 6) is -2.33. The maximum absolute atomic E-state index is 14.4. The van der Waals surface area contributed by atoms with E-state index in [1.165, 1.54) is 0 Å². The number of fused-ring (bicyclic) bond motifs is 1. The average Bonchev–Trinajstić information content (AvgIpc) is 3.86. The van der Waals surface area contributed by atoms with Crippen molar-refractivity contribution in [3.8, 4) is 5.75 Å². The molecule has 2 heterocycles. The average molecular weight is 831 g/mol. The molecule has 0 radical (unpaired) electrons. The van der Waals surface area contributed by atoms with E-state index in [9.17, 15) is 29.4 Å². The smallest absolute Gasteiger partial charge is 0.338 e. The topological polar surface area (TPSA) is 161 Å². The molecule has 0 saturated carbocycles. The van der Waals surface area contributed by atoms with Crippen molar-refractivity contribution in [2.24, 2.45) is 0 Å². The number of aliphatic hydroxyl groups is 1. The Morgan fingerprint density at radius 2 is 1.68 bits per heavy atom. The maximum Gasteiger partial charge on any atom is 0.338 e. The summed E-state index contributed by atoms with van der Waals surface area (Å²) in [6, 6.07) is 12.8. The summed E-state index contributed by atoms with van der Waals surface area (Å²) >= 11 is 0. The third-order valence-corrected chi connectivity index (χ3v) is 11.3. The highest BCUT2D eigenvalue weighted by molar-refractivity contribution is 5.98. The number of carbonyl (C=O) groups excluding carboxylic acids is 4. The quantitative estimate of drug-likeness (QED) is 0.0890. The first-order chi connectivity index (χ1) is 28.7. The molecule has 328 valence electrons. The minimum Gasteiger partial charge on any atom is -0.508 e. The van der Waals surface area contributed by atoms with Crippen molar-refractivity contribution in [2.45, 2.75) is 166 Å². The van der Waals surface area contributed by atoms with E-state index in [0.29, 0.717) is 49.8 Å². The fraction of sp³-hybridized carbons (Fsp3) is 0.583. The largest absolute Gasteiger partial charge is 0.508 e. The molecule has 12 nitrogen and oxygen atoms in total. The Labute approximate surface area is 355 Å². The summed E-state index contributed by atoms with van der Waals surface area (Å²) < 4.78 is 25.2. The van der Waals surface area contributed by atoms with Gasteiger partial charge in [-0.3, -0.25) is 14.4 Å². The van der Waals surface area contributed by atoms with Gasteiger partial charge in [-0.2, -0.15) is 0 Å². The van der Waals surface area contributed by atoms with Crippen LogP contribution in [0.15, 0.2) is 66.3 Å². The summed E-state index contributed by atoms with van der Waals surface area (Å²) in [6.45, 7) is 9.62. The zero-order valence-corrected chi connectivity index (χ0v) is 36.2. The van der Waals surface area contributed by atoms with Gasteiger partial charge in [0.25, 0.3) is 0 Å².